The van der Waals surface area contributed by atoms with Crippen molar-refractivity contribution in [1.82, 2.24) is 5.32 Å². The zero-order valence-electron chi connectivity index (χ0n) is 12.6. The third-order valence-corrected chi connectivity index (χ3v) is 3.37. The minimum absolute atomic E-state index is 0.0148. The van der Waals surface area contributed by atoms with Gasteiger partial charge in [-0.05, 0) is 57.7 Å². The standard InChI is InChI=1S/C16H25F2N/c1-11(2)12(10-19-16(3,4)5)9-13-14(17)7-6-8-15(13)18/h6-8,11-12,19H,9-10H2,1-5H3. The summed E-state index contributed by atoms with van der Waals surface area (Å²) in [4.78, 5) is 0. The molecular formula is C16H25F2N. The highest BCUT2D eigenvalue weighted by atomic mass is 19.1. The molecule has 0 aromatic heterocycles. The van der Waals surface area contributed by atoms with Crippen LogP contribution in [0, 0.1) is 23.5 Å². The molecule has 0 heterocycles. The Hall–Kier alpha value is -0.960. The van der Waals surface area contributed by atoms with E-state index in [0.29, 0.717) is 12.3 Å². The first-order valence-electron chi connectivity index (χ1n) is 6.88. The van der Waals surface area contributed by atoms with E-state index >= 15 is 0 Å². The Labute approximate surface area is 115 Å². The molecule has 0 radical (unpaired) electrons. The van der Waals surface area contributed by atoms with Crippen LogP contribution in [0.4, 0.5) is 8.78 Å². The molecule has 19 heavy (non-hydrogen) atoms. The molecule has 1 atom stereocenters. The highest BCUT2D eigenvalue weighted by Gasteiger charge is 2.20. The summed E-state index contributed by atoms with van der Waals surface area (Å²) in [5.41, 5.74) is 0.220. The molecule has 108 valence electrons. The van der Waals surface area contributed by atoms with Crippen LogP contribution >= 0.6 is 0 Å². The average Bonchev–Trinajstić information content (AvgIpc) is 2.25. The van der Waals surface area contributed by atoms with Crippen LogP contribution in [0.3, 0.4) is 0 Å². The molecule has 1 rings (SSSR count). The average molecular weight is 269 g/mol. The second-order valence-corrected chi connectivity index (χ2v) is 6.54. The van der Waals surface area contributed by atoms with Gasteiger partial charge in [0.15, 0.2) is 0 Å². The lowest BCUT2D eigenvalue weighted by Crippen LogP contribution is -2.40. The molecule has 1 N–H and O–H groups in total. The zero-order valence-corrected chi connectivity index (χ0v) is 12.6. The summed E-state index contributed by atoms with van der Waals surface area (Å²) in [5.74, 6) is -0.303. The van der Waals surface area contributed by atoms with Gasteiger partial charge in [-0.1, -0.05) is 19.9 Å². The topological polar surface area (TPSA) is 12.0 Å². The third-order valence-electron chi connectivity index (χ3n) is 3.37. The van der Waals surface area contributed by atoms with Gasteiger partial charge >= 0.3 is 0 Å². The Morgan fingerprint density at radius 2 is 1.63 bits per heavy atom. The Bertz CT molecular complexity index is 387. The molecule has 0 saturated heterocycles. The van der Waals surface area contributed by atoms with Crippen LogP contribution in [0.15, 0.2) is 18.2 Å². The van der Waals surface area contributed by atoms with Crippen LogP contribution in [0.1, 0.15) is 40.2 Å². The van der Waals surface area contributed by atoms with E-state index in [4.69, 9.17) is 0 Å². The van der Waals surface area contributed by atoms with Gasteiger partial charge in [0.25, 0.3) is 0 Å². The van der Waals surface area contributed by atoms with Crippen LogP contribution in [0.5, 0.6) is 0 Å². The van der Waals surface area contributed by atoms with E-state index < -0.39 is 11.6 Å². The van der Waals surface area contributed by atoms with Gasteiger partial charge in [0.1, 0.15) is 11.6 Å². The lowest BCUT2D eigenvalue weighted by molar-refractivity contribution is 0.307. The second-order valence-electron chi connectivity index (χ2n) is 6.54. The molecule has 0 amide bonds. The van der Waals surface area contributed by atoms with Gasteiger partial charge in [0.2, 0.25) is 0 Å². The molecule has 0 aliphatic rings. The molecule has 3 heteroatoms. The van der Waals surface area contributed by atoms with E-state index in [-0.39, 0.29) is 17.0 Å². The lowest BCUT2D eigenvalue weighted by Gasteiger charge is -2.27. The van der Waals surface area contributed by atoms with Crippen molar-refractivity contribution < 1.29 is 8.78 Å². The predicted molar refractivity (Wildman–Crippen MR) is 76.1 cm³/mol. The van der Waals surface area contributed by atoms with Crippen LogP contribution in [0.2, 0.25) is 0 Å². The van der Waals surface area contributed by atoms with Crippen molar-refractivity contribution in [3.63, 3.8) is 0 Å². The van der Waals surface area contributed by atoms with Gasteiger partial charge in [-0.3, -0.25) is 0 Å². The Balaban J connectivity index is 2.79. The summed E-state index contributed by atoms with van der Waals surface area (Å²) in [6.45, 7) is 11.2. The minimum atomic E-state index is -0.443. The quantitative estimate of drug-likeness (QED) is 0.846. The molecule has 0 saturated carbocycles. The first kappa shape index (κ1) is 16.1. The van der Waals surface area contributed by atoms with Crippen molar-refractivity contribution in [2.75, 3.05) is 6.54 Å². The monoisotopic (exact) mass is 269 g/mol. The first-order chi connectivity index (χ1) is 8.70. The molecular weight excluding hydrogens is 244 g/mol. The van der Waals surface area contributed by atoms with Gasteiger partial charge in [0.05, 0.1) is 0 Å². The molecule has 0 bridgehead atoms. The third kappa shape index (κ3) is 5.27. The van der Waals surface area contributed by atoms with Crippen molar-refractivity contribution in [3.05, 3.63) is 35.4 Å². The number of nitrogens with one attached hydrogen (secondary N) is 1. The second kappa shape index (κ2) is 6.47. The Morgan fingerprint density at radius 3 is 2.05 bits per heavy atom. The van der Waals surface area contributed by atoms with Crippen molar-refractivity contribution in [1.29, 1.82) is 0 Å². The largest absolute Gasteiger partial charge is 0.312 e. The number of hydrogen-bond donors (Lipinski definition) is 1. The normalized spacial score (nSPS) is 13.9. The van der Waals surface area contributed by atoms with Crippen molar-refractivity contribution in [2.24, 2.45) is 11.8 Å². The SMILES string of the molecule is CC(C)C(CNC(C)(C)C)Cc1c(F)cccc1F. The summed E-state index contributed by atoms with van der Waals surface area (Å²) in [7, 11) is 0. The van der Waals surface area contributed by atoms with E-state index in [0.717, 1.165) is 6.54 Å². The number of halogens is 2. The van der Waals surface area contributed by atoms with Crippen molar-refractivity contribution in [3.8, 4) is 0 Å². The zero-order chi connectivity index (χ0) is 14.6. The van der Waals surface area contributed by atoms with E-state index in [1.807, 2.05) is 0 Å². The molecule has 0 spiro atoms. The number of hydrogen-bond acceptors (Lipinski definition) is 1. The van der Waals surface area contributed by atoms with E-state index in [1.54, 1.807) is 0 Å². The van der Waals surface area contributed by atoms with Crippen LogP contribution in [-0.2, 0) is 6.42 Å². The van der Waals surface area contributed by atoms with Crippen LogP contribution in [-0.4, -0.2) is 12.1 Å². The highest BCUT2D eigenvalue weighted by Crippen LogP contribution is 2.21. The maximum absolute atomic E-state index is 13.7. The molecule has 1 aromatic carbocycles. The van der Waals surface area contributed by atoms with Gasteiger partial charge in [-0.15, -0.1) is 0 Å². The van der Waals surface area contributed by atoms with Gasteiger partial charge < -0.3 is 5.32 Å². The van der Waals surface area contributed by atoms with E-state index in [9.17, 15) is 8.78 Å². The van der Waals surface area contributed by atoms with Crippen LogP contribution < -0.4 is 5.32 Å². The Morgan fingerprint density at radius 1 is 1.11 bits per heavy atom. The fourth-order valence-electron chi connectivity index (χ4n) is 1.97. The molecule has 1 unspecified atom stereocenters. The predicted octanol–water partition coefficient (Wildman–Crippen LogP) is 4.17. The summed E-state index contributed by atoms with van der Waals surface area (Å²) in [6.07, 6.45) is 0.430. The molecule has 0 aliphatic carbocycles. The summed E-state index contributed by atoms with van der Waals surface area (Å²) in [5, 5.41) is 3.42. The summed E-state index contributed by atoms with van der Waals surface area (Å²) < 4.78 is 27.4. The minimum Gasteiger partial charge on any atom is -0.312 e. The van der Waals surface area contributed by atoms with E-state index in [2.05, 4.69) is 39.9 Å². The maximum Gasteiger partial charge on any atom is 0.129 e. The fourth-order valence-corrected chi connectivity index (χ4v) is 1.97. The fraction of sp³-hybridized carbons (Fsp3) is 0.625. The maximum atomic E-state index is 13.7. The molecule has 1 aromatic rings. The lowest BCUT2D eigenvalue weighted by atomic mass is 9.88. The van der Waals surface area contributed by atoms with Crippen molar-refractivity contribution >= 4 is 0 Å². The van der Waals surface area contributed by atoms with Crippen LogP contribution in [0.25, 0.3) is 0 Å². The van der Waals surface area contributed by atoms with Gasteiger partial charge in [-0.2, -0.15) is 0 Å². The first-order valence-corrected chi connectivity index (χ1v) is 6.88. The summed E-state index contributed by atoms with van der Waals surface area (Å²) in [6, 6.07) is 4.06. The summed E-state index contributed by atoms with van der Waals surface area (Å²) >= 11 is 0. The van der Waals surface area contributed by atoms with Gasteiger partial charge in [0, 0.05) is 11.1 Å². The molecule has 1 nitrogen and oxygen atoms in total. The molecule has 0 aliphatic heterocycles. The van der Waals surface area contributed by atoms with E-state index in [1.165, 1.54) is 18.2 Å². The van der Waals surface area contributed by atoms with Crippen molar-refractivity contribution in [2.45, 2.75) is 46.6 Å². The smallest absolute Gasteiger partial charge is 0.129 e. The Kier molecular flexibility index (Phi) is 5.48. The number of rotatable bonds is 5. The molecule has 0 fully saturated rings. The number of benzene rings is 1. The highest BCUT2D eigenvalue weighted by molar-refractivity contribution is 5.20. The van der Waals surface area contributed by atoms with Gasteiger partial charge in [-0.25, -0.2) is 8.78 Å².